The first-order chi connectivity index (χ1) is 13.9. The molecule has 152 valence electrons. The van der Waals surface area contributed by atoms with Gasteiger partial charge in [0.2, 0.25) is 11.8 Å². The predicted molar refractivity (Wildman–Crippen MR) is 104 cm³/mol. The summed E-state index contributed by atoms with van der Waals surface area (Å²) in [5.74, 6) is -0.338. The Morgan fingerprint density at radius 3 is 2.83 bits per heavy atom. The van der Waals surface area contributed by atoms with Crippen molar-refractivity contribution in [2.45, 2.75) is 45.3 Å². The summed E-state index contributed by atoms with van der Waals surface area (Å²) in [4.78, 5) is 42.7. The highest BCUT2D eigenvalue weighted by Gasteiger charge is 2.32. The predicted octanol–water partition coefficient (Wildman–Crippen LogP) is 0.217. The first-order valence-electron chi connectivity index (χ1n) is 9.74. The van der Waals surface area contributed by atoms with Gasteiger partial charge >= 0.3 is 0 Å². The van der Waals surface area contributed by atoms with E-state index < -0.39 is 6.04 Å². The summed E-state index contributed by atoms with van der Waals surface area (Å²) in [5, 5.41) is 9.78. The van der Waals surface area contributed by atoms with Crippen LogP contribution < -0.4 is 10.6 Å². The molecule has 2 N–H and O–H groups in total. The molecule has 0 aromatic carbocycles. The average molecular weight is 396 g/mol. The van der Waals surface area contributed by atoms with E-state index >= 15 is 0 Å². The molecular formula is C20H24N6O3. The lowest BCUT2D eigenvalue weighted by atomic mass is 10.0. The number of nitrogens with one attached hydrogen (secondary N) is 2. The smallest absolute Gasteiger partial charge is 0.272 e. The molecule has 29 heavy (non-hydrogen) atoms. The van der Waals surface area contributed by atoms with Crippen molar-refractivity contribution in [1.29, 1.82) is 0 Å². The number of hydrogen-bond donors (Lipinski definition) is 2. The topological polar surface area (TPSA) is 109 Å². The van der Waals surface area contributed by atoms with Crippen molar-refractivity contribution >= 4 is 17.7 Å². The number of carbonyl (C=O) groups is 3. The Kier molecular flexibility index (Phi) is 5.04. The van der Waals surface area contributed by atoms with E-state index in [1.165, 1.54) is 0 Å². The minimum absolute atomic E-state index is 0.0364. The number of pyridine rings is 1. The van der Waals surface area contributed by atoms with Gasteiger partial charge in [-0.1, -0.05) is 0 Å². The average Bonchev–Trinajstić information content (AvgIpc) is 3.30. The Morgan fingerprint density at radius 2 is 2.14 bits per heavy atom. The highest BCUT2D eigenvalue weighted by Crippen LogP contribution is 2.20. The van der Waals surface area contributed by atoms with Crippen molar-refractivity contribution in [2.24, 2.45) is 7.05 Å². The van der Waals surface area contributed by atoms with Crippen LogP contribution in [0.4, 0.5) is 0 Å². The van der Waals surface area contributed by atoms with Crippen molar-refractivity contribution in [2.75, 3.05) is 6.54 Å². The van der Waals surface area contributed by atoms with E-state index in [0.29, 0.717) is 44.6 Å². The Morgan fingerprint density at radius 1 is 1.31 bits per heavy atom. The molecule has 2 aliphatic heterocycles. The molecule has 9 heteroatoms. The van der Waals surface area contributed by atoms with Gasteiger partial charge in [-0.2, -0.15) is 5.10 Å². The second kappa shape index (κ2) is 7.65. The maximum absolute atomic E-state index is 12.7. The lowest BCUT2D eigenvalue weighted by molar-refractivity contribution is -0.135. The normalized spacial score (nSPS) is 18.3. The van der Waals surface area contributed by atoms with Crippen LogP contribution in [0.15, 0.2) is 18.3 Å². The molecule has 1 saturated heterocycles. The van der Waals surface area contributed by atoms with Gasteiger partial charge in [0.25, 0.3) is 5.91 Å². The van der Waals surface area contributed by atoms with Crippen LogP contribution in [0.5, 0.6) is 0 Å². The lowest BCUT2D eigenvalue weighted by Gasteiger charge is -2.30. The fraction of sp³-hybridized carbons (Fsp3) is 0.450. The number of amides is 3. The summed E-state index contributed by atoms with van der Waals surface area (Å²) < 4.78 is 1.66. The molecule has 9 nitrogen and oxygen atoms in total. The Hall–Kier alpha value is -3.23. The maximum atomic E-state index is 12.7. The van der Waals surface area contributed by atoms with Gasteiger partial charge in [0.15, 0.2) is 0 Å². The van der Waals surface area contributed by atoms with Crippen LogP contribution in [0.1, 0.15) is 45.8 Å². The molecule has 2 aromatic rings. The van der Waals surface area contributed by atoms with Crippen molar-refractivity contribution < 1.29 is 14.4 Å². The zero-order chi connectivity index (χ0) is 20.5. The molecule has 1 fully saturated rings. The van der Waals surface area contributed by atoms with E-state index in [0.717, 1.165) is 22.5 Å². The largest absolute Gasteiger partial charge is 0.347 e. The monoisotopic (exact) mass is 396 g/mol. The van der Waals surface area contributed by atoms with Gasteiger partial charge < -0.3 is 15.5 Å². The minimum atomic E-state index is -0.415. The Bertz CT molecular complexity index is 963. The lowest BCUT2D eigenvalue weighted by Crippen LogP contribution is -2.46. The number of aromatic nitrogens is 3. The first kappa shape index (κ1) is 19.1. The molecule has 3 amide bonds. The van der Waals surface area contributed by atoms with Gasteiger partial charge in [0.05, 0.1) is 0 Å². The molecule has 0 saturated carbocycles. The van der Waals surface area contributed by atoms with Gasteiger partial charge in [-0.3, -0.25) is 24.0 Å². The van der Waals surface area contributed by atoms with Crippen molar-refractivity contribution in [3.05, 3.63) is 46.5 Å². The molecule has 2 aromatic heterocycles. The first-order valence-corrected chi connectivity index (χ1v) is 9.74. The third kappa shape index (κ3) is 3.98. The van der Waals surface area contributed by atoms with Crippen LogP contribution in [0.3, 0.4) is 0 Å². The zero-order valence-electron chi connectivity index (χ0n) is 16.6. The fourth-order valence-corrected chi connectivity index (χ4v) is 3.72. The molecule has 4 heterocycles. The highest BCUT2D eigenvalue weighted by molar-refractivity contribution is 5.92. The molecule has 0 aliphatic carbocycles. The van der Waals surface area contributed by atoms with E-state index in [9.17, 15) is 14.4 Å². The van der Waals surface area contributed by atoms with Crippen LogP contribution in [0.25, 0.3) is 0 Å². The van der Waals surface area contributed by atoms with E-state index in [1.807, 2.05) is 13.0 Å². The quantitative estimate of drug-likeness (QED) is 0.768. The summed E-state index contributed by atoms with van der Waals surface area (Å²) >= 11 is 0. The van der Waals surface area contributed by atoms with Crippen LogP contribution in [0, 0.1) is 6.92 Å². The third-order valence-corrected chi connectivity index (χ3v) is 5.50. The summed E-state index contributed by atoms with van der Waals surface area (Å²) in [6, 6.07) is 3.31. The molecule has 0 unspecified atom stereocenters. The van der Waals surface area contributed by atoms with Gasteiger partial charge in [0, 0.05) is 57.1 Å². The van der Waals surface area contributed by atoms with Crippen LogP contribution in [-0.4, -0.2) is 50.0 Å². The number of carbonyl (C=O) groups excluding carboxylic acids is 3. The molecule has 2 aliphatic rings. The van der Waals surface area contributed by atoms with Crippen molar-refractivity contribution in [3.8, 4) is 0 Å². The highest BCUT2D eigenvalue weighted by atomic mass is 16.2. The third-order valence-electron chi connectivity index (χ3n) is 5.50. The fourth-order valence-electron chi connectivity index (χ4n) is 3.72. The van der Waals surface area contributed by atoms with Crippen molar-refractivity contribution in [1.82, 2.24) is 30.3 Å². The maximum Gasteiger partial charge on any atom is 0.272 e. The molecule has 0 bridgehead atoms. The number of rotatable bonds is 4. The molecule has 1 atom stereocenters. The number of aryl methyl sites for hydroxylation is 2. The molecular weight excluding hydrogens is 372 g/mol. The minimum Gasteiger partial charge on any atom is -0.347 e. The summed E-state index contributed by atoms with van der Waals surface area (Å²) in [5.41, 5.74) is 4.11. The molecule has 0 radical (unpaired) electrons. The Labute approximate surface area is 168 Å². The number of nitrogens with zero attached hydrogens (tertiary/aromatic N) is 4. The second-order valence-corrected chi connectivity index (χ2v) is 7.60. The van der Waals surface area contributed by atoms with Gasteiger partial charge in [-0.15, -0.1) is 0 Å². The number of hydrogen-bond acceptors (Lipinski definition) is 5. The van der Waals surface area contributed by atoms with Crippen LogP contribution >= 0.6 is 0 Å². The standard InChI is InChI=1S/C20H24N6O3/c1-12-7-17(24-25(12)2)19(28)22-10-13-8-14-11-26(6-5-15(14)21-9-13)20(29)16-3-4-18(27)23-16/h7-9,16H,3-6,10-11H2,1-2H3,(H,22,28)(H,23,27)/t16-/m0/s1. The van der Waals surface area contributed by atoms with Crippen LogP contribution in [-0.2, 0) is 36.1 Å². The Balaban J connectivity index is 1.40. The number of fused-ring (bicyclic) bond motifs is 1. The van der Waals surface area contributed by atoms with E-state index in [2.05, 4.69) is 20.7 Å². The SMILES string of the molecule is Cc1cc(C(=O)NCc2cnc3c(c2)CN(C(=O)[C@@H]2CCC(=O)N2)CC3)nn1C. The van der Waals surface area contributed by atoms with Crippen molar-refractivity contribution in [3.63, 3.8) is 0 Å². The molecule has 4 rings (SSSR count). The van der Waals surface area contributed by atoms with E-state index in [-0.39, 0.29) is 17.7 Å². The molecule has 0 spiro atoms. The van der Waals surface area contributed by atoms with Gasteiger partial charge in [0.1, 0.15) is 11.7 Å². The summed E-state index contributed by atoms with van der Waals surface area (Å²) in [6.45, 7) is 3.29. The zero-order valence-corrected chi connectivity index (χ0v) is 16.6. The summed E-state index contributed by atoms with van der Waals surface area (Å²) in [6.07, 6.45) is 3.40. The van der Waals surface area contributed by atoms with Gasteiger partial charge in [-0.05, 0) is 36.6 Å². The van der Waals surface area contributed by atoms with Crippen LogP contribution in [0.2, 0.25) is 0 Å². The van der Waals surface area contributed by atoms with E-state index in [1.54, 1.807) is 28.9 Å². The second-order valence-electron chi connectivity index (χ2n) is 7.60. The summed E-state index contributed by atoms with van der Waals surface area (Å²) in [7, 11) is 1.80. The van der Waals surface area contributed by atoms with E-state index in [4.69, 9.17) is 0 Å². The van der Waals surface area contributed by atoms with Gasteiger partial charge in [-0.25, -0.2) is 0 Å².